The number of nitrogens with zero attached hydrogens (tertiary/aromatic N) is 3. The molecule has 0 aliphatic heterocycles. The summed E-state index contributed by atoms with van der Waals surface area (Å²) in [7, 11) is 0. The van der Waals surface area contributed by atoms with E-state index in [-0.39, 0.29) is 0 Å². The molecule has 1 atom stereocenters. The molecule has 0 fully saturated rings. The van der Waals surface area contributed by atoms with Crippen molar-refractivity contribution in [2.45, 2.75) is 39.2 Å². The van der Waals surface area contributed by atoms with Crippen LogP contribution in [0, 0.1) is 0 Å². The van der Waals surface area contributed by atoms with E-state index in [1.54, 1.807) is 6.20 Å². The fourth-order valence-electron chi connectivity index (χ4n) is 2.30. The molecule has 0 aliphatic rings. The van der Waals surface area contributed by atoms with E-state index in [0.717, 1.165) is 29.8 Å². The number of aromatic nitrogens is 3. The fraction of sp³-hybridized carbons (Fsp3) is 0.429. The lowest BCUT2D eigenvalue weighted by molar-refractivity contribution is 0.451. The lowest BCUT2D eigenvalue weighted by Crippen LogP contribution is -2.08. The van der Waals surface area contributed by atoms with Gasteiger partial charge in [-0.25, -0.2) is 4.98 Å². The van der Waals surface area contributed by atoms with Gasteiger partial charge < -0.3 is 10.3 Å². The Morgan fingerprint density at radius 3 is 2.78 bits per heavy atom. The first-order valence-corrected chi connectivity index (χ1v) is 6.49. The molecule has 2 aromatic heterocycles. The van der Waals surface area contributed by atoms with Gasteiger partial charge in [0, 0.05) is 29.7 Å². The molecule has 0 aromatic carbocycles. The monoisotopic (exact) mass is 244 g/mol. The van der Waals surface area contributed by atoms with Crippen LogP contribution in [0.4, 0.5) is 5.69 Å². The molecule has 2 N–H and O–H groups in total. The van der Waals surface area contributed by atoms with Gasteiger partial charge in [-0.1, -0.05) is 20.3 Å². The minimum atomic E-state index is 0.479. The molecule has 0 aliphatic carbocycles. The molecule has 0 amide bonds. The predicted molar refractivity (Wildman–Crippen MR) is 74.1 cm³/mol. The van der Waals surface area contributed by atoms with Gasteiger partial charge in [0.15, 0.2) is 0 Å². The van der Waals surface area contributed by atoms with Gasteiger partial charge in [0.1, 0.15) is 0 Å². The summed E-state index contributed by atoms with van der Waals surface area (Å²) in [5.41, 5.74) is 8.78. The minimum Gasteiger partial charge on any atom is -0.398 e. The van der Waals surface area contributed by atoms with E-state index in [4.69, 9.17) is 5.73 Å². The Hall–Kier alpha value is -1.84. The Kier molecular flexibility index (Phi) is 3.97. The fourth-order valence-corrected chi connectivity index (χ4v) is 2.30. The van der Waals surface area contributed by atoms with E-state index in [2.05, 4.69) is 28.4 Å². The highest BCUT2D eigenvalue weighted by Crippen LogP contribution is 2.29. The predicted octanol–water partition coefficient (Wildman–Crippen LogP) is 3.28. The lowest BCUT2D eigenvalue weighted by atomic mass is 10.1. The molecule has 2 heterocycles. The molecule has 2 aromatic rings. The molecular formula is C14H20N4. The third-order valence-electron chi connectivity index (χ3n) is 3.28. The maximum absolute atomic E-state index is 6.02. The molecule has 0 spiro atoms. The van der Waals surface area contributed by atoms with Crippen molar-refractivity contribution in [1.29, 1.82) is 0 Å². The Morgan fingerprint density at radius 2 is 2.11 bits per heavy atom. The van der Waals surface area contributed by atoms with Crippen LogP contribution in [-0.2, 0) is 0 Å². The van der Waals surface area contributed by atoms with Gasteiger partial charge in [-0.15, -0.1) is 0 Å². The molecule has 2 rings (SSSR count). The molecule has 0 saturated carbocycles. The summed E-state index contributed by atoms with van der Waals surface area (Å²) in [6.07, 6.45) is 10.7. The van der Waals surface area contributed by atoms with Gasteiger partial charge in [-0.05, 0) is 18.9 Å². The number of pyridine rings is 1. The lowest BCUT2D eigenvalue weighted by Gasteiger charge is -2.19. The highest BCUT2D eigenvalue weighted by molar-refractivity contribution is 5.72. The average molecular weight is 244 g/mol. The summed E-state index contributed by atoms with van der Waals surface area (Å²) >= 11 is 0. The first-order valence-electron chi connectivity index (χ1n) is 6.49. The molecule has 1 unspecified atom stereocenters. The van der Waals surface area contributed by atoms with Crippen molar-refractivity contribution >= 4 is 5.69 Å². The highest BCUT2D eigenvalue weighted by Gasteiger charge is 2.14. The van der Waals surface area contributed by atoms with Gasteiger partial charge in [-0.2, -0.15) is 0 Å². The van der Waals surface area contributed by atoms with Crippen molar-refractivity contribution in [3.63, 3.8) is 0 Å². The number of imidazole rings is 1. The van der Waals surface area contributed by atoms with E-state index in [1.807, 2.05) is 24.8 Å². The minimum absolute atomic E-state index is 0.479. The van der Waals surface area contributed by atoms with E-state index in [1.165, 1.54) is 6.42 Å². The SMILES string of the molecule is CCCC(CC)n1cncc1-c1cnccc1N. The normalized spacial score (nSPS) is 12.6. The summed E-state index contributed by atoms with van der Waals surface area (Å²) in [5.74, 6) is 0. The molecular weight excluding hydrogens is 224 g/mol. The Balaban J connectivity index is 2.41. The Bertz CT molecular complexity index is 504. The third kappa shape index (κ3) is 2.37. The first kappa shape index (κ1) is 12.6. The van der Waals surface area contributed by atoms with E-state index in [0.29, 0.717) is 6.04 Å². The smallest absolute Gasteiger partial charge is 0.0953 e. The van der Waals surface area contributed by atoms with Crippen LogP contribution in [0.2, 0.25) is 0 Å². The van der Waals surface area contributed by atoms with Crippen molar-refractivity contribution < 1.29 is 0 Å². The van der Waals surface area contributed by atoms with E-state index in [9.17, 15) is 0 Å². The largest absolute Gasteiger partial charge is 0.398 e. The van der Waals surface area contributed by atoms with Crippen LogP contribution in [0.1, 0.15) is 39.2 Å². The van der Waals surface area contributed by atoms with Crippen molar-refractivity contribution in [3.8, 4) is 11.3 Å². The van der Waals surface area contributed by atoms with Gasteiger partial charge >= 0.3 is 0 Å². The highest BCUT2D eigenvalue weighted by atomic mass is 15.1. The molecule has 0 bridgehead atoms. The molecule has 18 heavy (non-hydrogen) atoms. The molecule has 96 valence electrons. The Labute approximate surface area is 108 Å². The Morgan fingerprint density at radius 1 is 1.28 bits per heavy atom. The zero-order valence-electron chi connectivity index (χ0n) is 11.0. The van der Waals surface area contributed by atoms with Crippen LogP contribution >= 0.6 is 0 Å². The number of hydrogen-bond acceptors (Lipinski definition) is 3. The second-order valence-corrected chi connectivity index (χ2v) is 4.50. The number of nitrogens with two attached hydrogens (primary N) is 1. The number of anilines is 1. The maximum Gasteiger partial charge on any atom is 0.0953 e. The number of nitrogen functional groups attached to an aromatic ring is 1. The van der Waals surface area contributed by atoms with Gasteiger partial charge in [0.2, 0.25) is 0 Å². The maximum atomic E-state index is 6.02. The number of hydrogen-bond donors (Lipinski definition) is 1. The van der Waals surface area contributed by atoms with Gasteiger partial charge in [0.25, 0.3) is 0 Å². The second kappa shape index (κ2) is 5.67. The summed E-state index contributed by atoms with van der Waals surface area (Å²) < 4.78 is 2.22. The molecule has 4 heteroatoms. The average Bonchev–Trinajstić information content (AvgIpc) is 2.85. The number of rotatable bonds is 5. The summed E-state index contributed by atoms with van der Waals surface area (Å²) in [4.78, 5) is 8.42. The zero-order chi connectivity index (χ0) is 13.0. The standard InChI is InChI=1S/C14H20N4/c1-3-5-11(4-2)18-10-17-9-14(18)12-8-16-7-6-13(12)15/h6-11H,3-5H2,1-2H3,(H2,15,16). The zero-order valence-corrected chi connectivity index (χ0v) is 11.0. The van der Waals surface area contributed by atoms with Gasteiger partial charge in [0.05, 0.1) is 18.2 Å². The molecule has 4 nitrogen and oxygen atoms in total. The summed E-state index contributed by atoms with van der Waals surface area (Å²) in [6.45, 7) is 4.41. The third-order valence-corrected chi connectivity index (χ3v) is 3.28. The van der Waals surface area contributed by atoms with Crippen molar-refractivity contribution in [2.75, 3.05) is 5.73 Å². The van der Waals surface area contributed by atoms with Crippen molar-refractivity contribution in [3.05, 3.63) is 31.0 Å². The van der Waals surface area contributed by atoms with E-state index < -0.39 is 0 Å². The van der Waals surface area contributed by atoms with E-state index >= 15 is 0 Å². The summed E-state index contributed by atoms with van der Waals surface area (Å²) in [5, 5.41) is 0. The molecule has 0 radical (unpaired) electrons. The van der Waals surface area contributed by atoms with Crippen LogP contribution in [0.25, 0.3) is 11.3 Å². The van der Waals surface area contributed by atoms with Crippen LogP contribution < -0.4 is 5.73 Å². The van der Waals surface area contributed by atoms with Crippen LogP contribution in [0.3, 0.4) is 0 Å². The first-order chi connectivity index (χ1) is 8.77. The topological polar surface area (TPSA) is 56.7 Å². The molecule has 0 saturated heterocycles. The summed E-state index contributed by atoms with van der Waals surface area (Å²) in [6, 6.07) is 2.31. The van der Waals surface area contributed by atoms with Crippen molar-refractivity contribution in [2.24, 2.45) is 0 Å². The van der Waals surface area contributed by atoms with Gasteiger partial charge in [-0.3, -0.25) is 4.98 Å². The second-order valence-electron chi connectivity index (χ2n) is 4.50. The van der Waals surface area contributed by atoms with Crippen molar-refractivity contribution in [1.82, 2.24) is 14.5 Å². The quantitative estimate of drug-likeness (QED) is 0.878. The van der Waals surface area contributed by atoms with Crippen LogP contribution in [0.15, 0.2) is 31.0 Å². The van der Waals surface area contributed by atoms with Crippen LogP contribution in [0.5, 0.6) is 0 Å². The van der Waals surface area contributed by atoms with Crippen LogP contribution in [-0.4, -0.2) is 14.5 Å².